The van der Waals surface area contributed by atoms with Crippen molar-refractivity contribution in [2.75, 3.05) is 0 Å². The van der Waals surface area contributed by atoms with Gasteiger partial charge in [0.25, 0.3) is 5.91 Å². The van der Waals surface area contributed by atoms with Gasteiger partial charge in [-0.3, -0.25) is 9.48 Å². The van der Waals surface area contributed by atoms with E-state index in [2.05, 4.69) is 22.2 Å². The summed E-state index contributed by atoms with van der Waals surface area (Å²) in [5, 5.41) is 12.8. The van der Waals surface area contributed by atoms with Gasteiger partial charge in [-0.15, -0.1) is 0 Å². The lowest BCUT2D eigenvalue weighted by Gasteiger charge is -2.23. The van der Waals surface area contributed by atoms with Gasteiger partial charge in [-0.2, -0.15) is 15.3 Å². The molecule has 2 heterocycles. The smallest absolute Gasteiger partial charge is 0.254 e. The van der Waals surface area contributed by atoms with Crippen LogP contribution in [0.15, 0.2) is 36.4 Å². The topological polar surface area (TPSA) is 63.9 Å². The van der Waals surface area contributed by atoms with E-state index in [1.54, 1.807) is 0 Å². The Bertz CT molecular complexity index is 1000. The van der Waals surface area contributed by atoms with Crippen molar-refractivity contribution in [2.45, 2.75) is 46.2 Å². The Balaban J connectivity index is 1.56. The van der Waals surface area contributed by atoms with Crippen LogP contribution in [0.5, 0.6) is 0 Å². The predicted octanol–water partition coefficient (Wildman–Crippen LogP) is 3.61. The second-order valence-electron chi connectivity index (χ2n) is 7.57. The first-order valence-corrected chi connectivity index (χ1v) is 9.65. The van der Waals surface area contributed by atoms with E-state index < -0.39 is 0 Å². The fraction of sp³-hybridized carbons (Fsp3) is 0.364. The quantitative estimate of drug-likeness (QED) is 0.683. The first-order valence-electron chi connectivity index (χ1n) is 9.65. The first kappa shape index (κ1) is 18.3. The number of hydrogen-bond donors (Lipinski definition) is 0. The zero-order chi connectivity index (χ0) is 19.8. The fourth-order valence-corrected chi connectivity index (χ4v) is 3.47. The van der Waals surface area contributed by atoms with E-state index in [-0.39, 0.29) is 5.91 Å². The monoisotopic (exact) mass is 375 g/mol. The van der Waals surface area contributed by atoms with E-state index in [1.807, 2.05) is 66.9 Å². The molecule has 0 atom stereocenters. The van der Waals surface area contributed by atoms with Crippen LogP contribution in [-0.2, 0) is 13.6 Å². The van der Waals surface area contributed by atoms with E-state index in [0.29, 0.717) is 18.2 Å². The molecule has 0 saturated heterocycles. The fourth-order valence-electron chi connectivity index (χ4n) is 3.47. The molecule has 0 radical (unpaired) electrons. The highest BCUT2D eigenvalue weighted by Gasteiger charge is 2.34. The van der Waals surface area contributed by atoms with Gasteiger partial charge in [0.1, 0.15) is 0 Å². The van der Waals surface area contributed by atoms with E-state index in [0.717, 1.165) is 46.7 Å². The molecular formula is C22H25N5O. The minimum absolute atomic E-state index is 0.0756. The summed E-state index contributed by atoms with van der Waals surface area (Å²) in [4.78, 5) is 15.2. The number of aryl methyl sites for hydroxylation is 3. The largest absolute Gasteiger partial charge is 0.331 e. The van der Waals surface area contributed by atoms with Crippen LogP contribution in [0.4, 0.5) is 0 Å². The average molecular weight is 375 g/mol. The molecule has 6 heteroatoms. The van der Waals surface area contributed by atoms with Crippen LogP contribution in [0, 0.1) is 20.8 Å². The zero-order valence-corrected chi connectivity index (χ0v) is 16.8. The third-order valence-electron chi connectivity index (χ3n) is 5.46. The van der Waals surface area contributed by atoms with Crippen LogP contribution in [0.2, 0.25) is 0 Å². The second-order valence-corrected chi connectivity index (χ2v) is 7.57. The molecule has 1 aliphatic carbocycles. The molecule has 28 heavy (non-hydrogen) atoms. The lowest BCUT2D eigenvalue weighted by atomic mass is 10.1. The summed E-state index contributed by atoms with van der Waals surface area (Å²) < 4.78 is 1.89. The maximum Gasteiger partial charge on any atom is 0.254 e. The van der Waals surface area contributed by atoms with Crippen LogP contribution in [0.25, 0.3) is 11.3 Å². The van der Waals surface area contributed by atoms with Crippen LogP contribution >= 0.6 is 0 Å². The summed E-state index contributed by atoms with van der Waals surface area (Å²) in [5.74, 6) is 0.0756. The van der Waals surface area contributed by atoms with E-state index >= 15 is 0 Å². The standard InChI is InChI=1S/C22H25N5O/c1-14-5-12-21(24-23-14)17-6-8-18(9-7-17)22(28)27(19-10-11-19)13-20-15(2)25-26(4)16(20)3/h5-9,12,19H,10-11,13H2,1-4H3. The van der Waals surface area contributed by atoms with Gasteiger partial charge in [-0.25, -0.2) is 0 Å². The van der Waals surface area contributed by atoms with Gasteiger partial charge in [0.2, 0.25) is 0 Å². The van der Waals surface area contributed by atoms with Crippen LogP contribution in [-0.4, -0.2) is 36.8 Å². The number of aromatic nitrogens is 4. The van der Waals surface area contributed by atoms with E-state index in [1.165, 1.54) is 0 Å². The molecule has 1 saturated carbocycles. The minimum Gasteiger partial charge on any atom is -0.331 e. The Morgan fingerprint density at radius 1 is 1.07 bits per heavy atom. The highest BCUT2D eigenvalue weighted by molar-refractivity contribution is 5.95. The van der Waals surface area contributed by atoms with Crippen molar-refractivity contribution >= 4 is 5.91 Å². The third kappa shape index (κ3) is 3.54. The van der Waals surface area contributed by atoms with E-state index in [4.69, 9.17) is 0 Å². The summed E-state index contributed by atoms with van der Waals surface area (Å²) in [6, 6.07) is 11.9. The number of benzene rings is 1. The van der Waals surface area contributed by atoms with E-state index in [9.17, 15) is 4.79 Å². The van der Waals surface area contributed by atoms with Gasteiger partial charge < -0.3 is 4.90 Å². The zero-order valence-electron chi connectivity index (χ0n) is 16.8. The lowest BCUT2D eigenvalue weighted by Crippen LogP contribution is -2.33. The van der Waals surface area contributed by atoms with Crippen molar-refractivity contribution in [3.05, 3.63) is 64.6 Å². The van der Waals surface area contributed by atoms with Gasteiger partial charge in [-0.05, 0) is 57.9 Å². The number of carbonyl (C=O) groups excluding carboxylic acids is 1. The van der Waals surface area contributed by atoms with Crippen molar-refractivity contribution in [3.8, 4) is 11.3 Å². The lowest BCUT2D eigenvalue weighted by molar-refractivity contribution is 0.0729. The van der Waals surface area contributed by atoms with Crippen molar-refractivity contribution in [2.24, 2.45) is 7.05 Å². The van der Waals surface area contributed by atoms with Gasteiger partial charge in [0.15, 0.2) is 0 Å². The minimum atomic E-state index is 0.0756. The molecule has 0 bridgehead atoms. The molecule has 1 amide bonds. The van der Waals surface area contributed by atoms with Crippen molar-refractivity contribution < 1.29 is 4.79 Å². The first-order chi connectivity index (χ1) is 13.4. The Morgan fingerprint density at radius 3 is 2.32 bits per heavy atom. The molecular weight excluding hydrogens is 350 g/mol. The Kier molecular flexibility index (Phi) is 4.71. The van der Waals surface area contributed by atoms with Gasteiger partial charge in [0.05, 0.1) is 17.1 Å². The second kappa shape index (κ2) is 7.19. The Hall–Kier alpha value is -3.02. The highest BCUT2D eigenvalue weighted by Crippen LogP contribution is 2.31. The molecule has 1 aliphatic rings. The number of amides is 1. The van der Waals surface area contributed by atoms with Crippen molar-refractivity contribution in [1.29, 1.82) is 0 Å². The van der Waals surface area contributed by atoms with Gasteiger partial charge in [0, 0.05) is 42.0 Å². The van der Waals surface area contributed by atoms with Gasteiger partial charge in [-0.1, -0.05) is 12.1 Å². The molecule has 0 aliphatic heterocycles. The number of rotatable bonds is 5. The number of carbonyl (C=O) groups is 1. The molecule has 1 aromatic carbocycles. The molecule has 0 unspecified atom stereocenters. The molecule has 144 valence electrons. The maximum absolute atomic E-state index is 13.2. The molecule has 0 N–H and O–H groups in total. The molecule has 1 fully saturated rings. The number of hydrogen-bond acceptors (Lipinski definition) is 4. The summed E-state index contributed by atoms with van der Waals surface area (Å²) in [7, 11) is 1.95. The average Bonchev–Trinajstić information content (AvgIpc) is 3.50. The highest BCUT2D eigenvalue weighted by atomic mass is 16.2. The molecule has 0 spiro atoms. The van der Waals surface area contributed by atoms with Crippen LogP contribution in [0.3, 0.4) is 0 Å². The Labute approximate surface area is 165 Å². The molecule has 4 rings (SSSR count). The molecule has 6 nitrogen and oxygen atoms in total. The maximum atomic E-state index is 13.2. The SMILES string of the molecule is Cc1ccc(-c2ccc(C(=O)N(Cc3c(C)nn(C)c3C)C3CC3)cc2)nn1. The molecule has 3 aromatic rings. The molecule has 2 aromatic heterocycles. The number of nitrogens with zero attached hydrogens (tertiary/aromatic N) is 5. The van der Waals surface area contributed by atoms with Crippen LogP contribution < -0.4 is 0 Å². The van der Waals surface area contributed by atoms with Crippen molar-refractivity contribution in [3.63, 3.8) is 0 Å². The summed E-state index contributed by atoms with van der Waals surface area (Å²) in [6.07, 6.45) is 2.14. The van der Waals surface area contributed by atoms with Gasteiger partial charge >= 0.3 is 0 Å². The normalized spacial score (nSPS) is 13.6. The summed E-state index contributed by atoms with van der Waals surface area (Å²) >= 11 is 0. The summed E-state index contributed by atoms with van der Waals surface area (Å²) in [6.45, 7) is 6.59. The predicted molar refractivity (Wildman–Crippen MR) is 108 cm³/mol. The Morgan fingerprint density at radius 2 is 1.79 bits per heavy atom. The van der Waals surface area contributed by atoms with Crippen molar-refractivity contribution in [1.82, 2.24) is 24.9 Å². The van der Waals surface area contributed by atoms with Crippen LogP contribution in [0.1, 0.15) is 45.8 Å². The summed E-state index contributed by atoms with van der Waals surface area (Å²) in [5.41, 5.74) is 6.61. The third-order valence-corrected chi connectivity index (χ3v) is 5.46.